The number of nitrogens with zero attached hydrogens (tertiary/aromatic N) is 1. The van der Waals surface area contributed by atoms with E-state index in [9.17, 15) is 0 Å². The second-order valence-corrected chi connectivity index (χ2v) is 4.81. The topological polar surface area (TPSA) is 3.88 Å². The van der Waals surface area contributed by atoms with Gasteiger partial charge in [-0.2, -0.15) is 4.57 Å². The average molecular weight is 208 g/mol. The first kappa shape index (κ1) is 8.51. The van der Waals surface area contributed by atoms with Crippen LogP contribution in [-0.4, -0.2) is 0 Å². The molecule has 1 aromatic carbocycles. The highest BCUT2D eigenvalue weighted by atomic mass is 15.0. The van der Waals surface area contributed by atoms with E-state index in [2.05, 4.69) is 53.2 Å². The van der Waals surface area contributed by atoms with Crippen molar-refractivity contribution in [2.75, 3.05) is 0 Å². The second-order valence-electron chi connectivity index (χ2n) is 4.81. The summed E-state index contributed by atoms with van der Waals surface area (Å²) in [6.45, 7) is 0. The molecule has 0 radical (unpaired) electrons. The molecule has 3 aliphatic rings. The Morgan fingerprint density at radius 1 is 0.875 bits per heavy atom. The molecule has 5 rings (SSSR count). The summed E-state index contributed by atoms with van der Waals surface area (Å²) in [5, 5.41) is 0. The molecule has 2 unspecified atom stereocenters. The number of hydrogen-bond acceptors (Lipinski definition) is 0. The Bertz CT molecular complexity index is 461. The number of rotatable bonds is 0. The highest BCUT2D eigenvalue weighted by Crippen LogP contribution is 2.44. The molecule has 0 N–H and O–H groups in total. The maximum absolute atomic E-state index is 2.47. The van der Waals surface area contributed by atoms with E-state index in [0.29, 0.717) is 12.0 Å². The van der Waals surface area contributed by atoms with Crippen molar-refractivity contribution in [2.24, 2.45) is 0 Å². The summed E-state index contributed by atoms with van der Waals surface area (Å²) in [5.41, 5.74) is 4.60. The van der Waals surface area contributed by atoms with Crippen LogP contribution in [0.1, 0.15) is 41.6 Å². The Hall–Kier alpha value is -1.63. The second kappa shape index (κ2) is 2.94. The van der Waals surface area contributed by atoms with Gasteiger partial charge in [0.2, 0.25) is 0 Å². The zero-order valence-corrected chi connectivity index (χ0v) is 9.13. The van der Waals surface area contributed by atoms with Crippen LogP contribution < -0.4 is 4.57 Å². The lowest BCUT2D eigenvalue weighted by molar-refractivity contribution is -0.730. The number of aromatic nitrogens is 1. The molecule has 78 valence electrons. The minimum atomic E-state index is 0.581. The van der Waals surface area contributed by atoms with Gasteiger partial charge in [0.1, 0.15) is 0 Å². The van der Waals surface area contributed by atoms with Crippen molar-refractivity contribution in [1.29, 1.82) is 0 Å². The van der Waals surface area contributed by atoms with Crippen molar-refractivity contribution in [3.8, 4) is 0 Å². The lowest BCUT2D eigenvalue weighted by Gasteiger charge is -2.34. The van der Waals surface area contributed by atoms with Crippen molar-refractivity contribution in [1.82, 2.24) is 0 Å². The average Bonchev–Trinajstić information content (AvgIpc) is 2.40. The van der Waals surface area contributed by atoms with Gasteiger partial charge in [-0.1, -0.05) is 30.3 Å². The van der Waals surface area contributed by atoms with Crippen molar-refractivity contribution < 1.29 is 4.57 Å². The van der Waals surface area contributed by atoms with Crippen molar-refractivity contribution in [3.05, 3.63) is 65.5 Å². The molecule has 0 spiro atoms. The fourth-order valence-corrected chi connectivity index (χ4v) is 3.41. The number of fused-ring (bicyclic) bond motifs is 1. The minimum Gasteiger partial charge on any atom is -0.195 e. The third-order valence-electron chi connectivity index (χ3n) is 4.07. The molecule has 0 saturated heterocycles. The van der Waals surface area contributed by atoms with Gasteiger partial charge in [-0.3, -0.25) is 0 Å². The highest BCUT2D eigenvalue weighted by Gasteiger charge is 2.42. The Morgan fingerprint density at radius 2 is 1.69 bits per heavy atom. The van der Waals surface area contributed by atoms with E-state index in [1.54, 1.807) is 11.1 Å². The van der Waals surface area contributed by atoms with Gasteiger partial charge in [0.05, 0.1) is 5.92 Å². The van der Waals surface area contributed by atoms with Crippen LogP contribution in [0.2, 0.25) is 0 Å². The van der Waals surface area contributed by atoms with Crippen molar-refractivity contribution in [3.63, 3.8) is 0 Å². The Morgan fingerprint density at radius 3 is 2.62 bits per heavy atom. The number of benzene rings is 1. The summed E-state index contributed by atoms with van der Waals surface area (Å²) in [4.78, 5) is 0. The molecular weight excluding hydrogens is 194 g/mol. The van der Waals surface area contributed by atoms with Crippen LogP contribution in [0.25, 0.3) is 0 Å². The van der Waals surface area contributed by atoms with Crippen LogP contribution in [0.3, 0.4) is 0 Å². The molecule has 2 aliphatic heterocycles. The monoisotopic (exact) mass is 208 g/mol. The summed E-state index contributed by atoms with van der Waals surface area (Å²) >= 11 is 0. The Labute approximate surface area is 95.4 Å². The summed E-state index contributed by atoms with van der Waals surface area (Å²) in [5.74, 6) is 0.627. The molecule has 1 aliphatic carbocycles. The molecule has 3 heterocycles. The van der Waals surface area contributed by atoms with Gasteiger partial charge in [0.25, 0.3) is 0 Å². The number of hydrogen-bond donors (Lipinski definition) is 0. The summed E-state index contributed by atoms with van der Waals surface area (Å²) in [6.07, 6.45) is 4.84. The summed E-state index contributed by atoms with van der Waals surface area (Å²) < 4.78 is 2.47. The molecule has 2 bridgehead atoms. The maximum atomic E-state index is 2.47. The molecule has 1 nitrogen and oxygen atoms in total. The van der Waals surface area contributed by atoms with Gasteiger partial charge in [-0.15, -0.1) is 0 Å². The highest BCUT2D eigenvalue weighted by molar-refractivity contribution is 5.40. The lowest BCUT2D eigenvalue weighted by Crippen LogP contribution is -2.51. The van der Waals surface area contributed by atoms with Gasteiger partial charge in [-0.25, -0.2) is 0 Å². The lowest BCUT2D eigenvalue weighted by atomic mass is 9.74. The first-order valence-electron chi connectivity index (χ1n) is 6.04. The van der Waals surface area contributed by atoms with Crippen LogP contribution in [-0.2, 0) is 0 Å². The fraction of sp³-hybridized carbons (Fsp3) is 0.267. The zero-order chi connectivity index (χ0) is 10.5. The standard InChI is InChI=1S/C15H14N/c1-2-6-12-11(5-1)13-8-9-15(12)16-10-4-3-7-14(13)16/h1-7,10,13,15H,8-9H2/q+1. The normalized spacial score (nSPS) is 25.0. The summed E-state index contributed by atoms with van der Waals surface area (Å²) in [7, 11) is 0. The number of pyridine rings is 1. The van der Waals surface area contributed by atoms with Crippen LogP contribution in [0, 0.1) is 0 Å². The van der Waals surface area contributed by atoms with Gasteiger partial charge in [-0.05, 0) is 12.0 Å². The smallest absolute Gasteiger partial charge is 0.189 e. The molecular formula is C15H14N+. The van der Waals surface area contributed by atoms with Crippen LogP contribution in [0.5, 0.6) is 0 Å². The van der Waals surface area contributed by atoms with Crippen molar-refractivity contribution >= 4 is 0 Å². The van der Waals surface area contributed by atoms with E-state index in [-0.39, 0.29) is 0 Å². The van der Waals surface area contributed by atoms with Gasteiger partial charge in [0, 0.05) is 24.1 Å². The third-order valence-corrected chi connectivity index (χ3v) is 4.07. The van der Waals surface area contributed by atoms with E-state index in [1.165, 1.54) is 18.5 Å². The molecule has 0 fully saturated rings. The van der Waals surface area contributed by atoms with Crippen LogP contribution in [0.15, 0.2) is 48.7 Å². The first-order valence-corrected chi connectivity index (χ1v) is 6.04. The molecule has 2 atom stereocenters. The largest absolute Gasteiger partial charge is 0.195 e. The quantitative estimate of drug-likeness (QED) is 0.586. The van der Waals surface area contributed by atoms with Crippen LogP contribution in [0.4, 0.5) is 0 Å². The van der Waals surface area contributed by atoms with E-state index in [0.717, 1.165) is 0 Å². The minimum absolute atomic E-state index is 0.581. The molecule has 2 aromatic rings. The van der Waals surface area contributed by atoms with Crippen LogP contribution >= 0.6 is 0 Å². The van der Waals surface area contributed by atoms with Crippen molar-refractivity contribution in [2.45, 2.75) is 24.8 Å². The third kappa shape index (κ3) is 0.934. The van der Waals surface area contributed by atoms with Gasteiger partial charge < -0.3 is 0 Å². The molecule has 0 amide bonds. The van der Waals surface area contributed by atoms with Gasteiger partial charge in [0.15, 0.2) is 17.9 Å². The molecule has 16 heavy (non-hydrogen) atoms. The van der Waals surface area contributed by atoms with Gasteiger partial charge >= 0.3 is 0 Å². The summed E-state index contributed by atoms with van der Waals surface area (Å²) in [6, 6.07) is 16.1. The predicted octanol–water partition coefficient (Wildman–Crippen LogP) is 2.80. The maximum Gasteiger partial charge on any atom is 0.189 e. The van der Waals surface area contributed by atoms with E-state index in [4.69, 9.17) is 0 Å². The molecule has 0 saturated carbocycles. The van der Waals surface area contributed by atoms with E-state index < -0.39 is 0 Å². The van der Waals surface area contributed by atoms with E-state index >= 15 is 0 Å². The van der Waals surface area contributed by atoms with E-state index in [1.807, 2.05) is 0 Å². The molecule has 1 aromatic heterocycles. The zero-order valence-electron chi connectivity index (χ0n) is 9.13. The predicted molar refractivity (Wildman–Crippen MR) is 62.3 cm³/mol. The Balaban J connectivity index is 2.04. The SMILES string of the molecule is c1ccc2c(c1)C1CCC2[n+]2ccccc21. The fourth-order valence-electron chi connectivity index (χ4n) is 3.41. The molecule has 1 heteroatoms. The first-order chi connectivity index (χ1) is 7.95. The Kier molecular flexibility index (Phi) is 1.57.